The van der Waals surface area contributed by atoms with Crippen molar-refractivity contribution in [3.63, 3.8) is 0 Å². The first kappa shape index (κ1) is 15.6. The van der Waals surface area contributed by atoms with Crippen LogP contribution < -0.4 is 0 Å². The van der Waals surface area contributed by atoms with Gasteiger partial charge in [0, 0.05) is 32.9 Å². The van der Waals surface area contributed by atoms with E-state index in [9.17, 15) is 9.59 Å². The van der Waals surface area contributed by atoms with Crippen LogP contribution in [-0.4, -0.2) is 61.9 Å². The van der Waals surface area contributed by atoms with Crippen LogP contribution in [0, 0.1) is 0 Å². The Labute approximate surface area is 101 Å². The third kappa shape index (κ3) is 6.70. The Kier molecular flexibility index (Phi) is 8.00. The van der Waals surface area contributed by atoms with Gasteiger partial charge in [0.05, 0.1) is 19.3 Å². The fraction of sp³-hybridized carbons (Fsp3) is 0.636. The zero-order chi connectivity index (χ0) is 13.3. The number of carboxylic acid groups (broad SMARTS) is 1. The second-order valence-electron chi connectivity index (χ2n) is 3.50. The number of rotatable bonds is 8. The molecule has 1 amide bonds. The van der Waals surface area contributed by atoms with E-state index in [1.165, 1.54) is 12.0 Å². The van der Waals surface area contributed by atoms with E-state index >= 15 is 0 Å². The zero-order valence-electron chi connectivity index (χ0n) is 10.4. The lowest BCUT2D eigenvalue weighted by Gasteiger charge is -2.27. The van der Waals surface area contributed by atoms with Gasteiger partial charge in [0.1, 0.15) is 0 Å². The summed E-state index contributed by atoms with van der Waals surface area (Å²) in [6.07, 6.45) is 1.85. The fourth-order valence-corrected chi connectivity index (χ4v) is 1.31. The van der Waals surface area contributed by atoms with E-state index in [-0.39, 0.29) is 11.9 Å². The molecule has 0 aliphatic carbocycles. The molecular weight excluding hydrogens is 226 g/mol. The van der Waals surface area contributed by atoms with E-state index in [1.807, 2.05) is 6.92 Å². The van der Waals surface area contributed by atoms with Crippen LogP contribution in [0.15, 0.2) is 12.2 Å². The summed E-state index contributed by atoms with van der Waals surface area (Å²) in [5.41, 5.74) is 0. The summed E-state index contributed by atoms with van der Waals surface area (Å²) in [6.45, 7) is 2.99. The topological polar surface area (TPSA) is 76.1 Å². The van der Waals surface area contributed by atoms with Gasteiger partial charge in [-0.05, 0) is 6.92 Å². The number of hydrogen-bond acceptors (Lipinski definition) is 4. The highest BCUT2D eigenvalue weighted by Gasteiger charge is 2.17. The molecule has 0 saturated carbocycles. The lowest BCUT2D eigenvalue weighted by Crippen LogP contribution is -2.42. The summed E-state index contributed by atoms with van der Waals surface area (Å²) in [4.78, 5) is 23.6. The predicted molar refractivity (Wildman–Crippen MR) is 61.7 cm³/mol. The van der Waals surface area contributed by atoms with Crippen LogP contribution in [0.4, 0.5) is 0 Å². The number of ether oxygens (including phenoxy) is 2. The van der Waals surface area contributed by atoms with Crippen molar-refractivity contribution in [2.45, 2.75) is 13.0 Å². The summed E-state index contributed by atoms with van der Waals surface area (Å²) >= 11 is 0. The minimum absolute atomic E-state index is 0.138. The molecule has 0 bridgehead atoms. The quantitative estimate of drug-likeness (QED) is 0.615. The third-order valence-electron chi connectivity index (χ3n) is 2.13. The molecule has 0 aromatic heterocycles. The van der Waals surface area contributed by atoms with E-state index in [0.29, 0.717) is 19.8 Å². The molecule has 1 unspecified atom stereocenters. The maximum absolute atomic E-state index is 11.7. The largest absolute Gasteiger partial charge is 0.478 e. The van der Waals surface area contributed by atoms with Crippen molar-refractivity contribution in [2.75, 3.05) is 34.0 Å². The minimum atomic E-state index is -1.15. The lowest BCUT2D eigenvalue weighted by molar-refractivity contribution is -0.133. The van der Waals surface area contributed by atoms with E-state index < -0.39 is 5.97 Å². The normalized spacial score (nSPS) is 12.6. The number of aliphatic carboxylic acids is 1. The molecule has 0 aromatic carbocycles. The number of carboxylic acids is 1. The first-order valence-corrected chi connectivity index (χ1v) is 5.22. The average molecular weight is 245 g/mol. The molecule has 0 aliphatic rings. The molecule has 0 radical (unpaired) electrons. The Hall–Kier alpha value is -1.40. The van der Waals surface area contributed by atoms with Crippen LogP contribution in [0.2, 0.25) is 0 Å². The first-order chi connectivity index (χ1) is 8.02. The molecule has 1 atom stereocenters. The van der Waals surface area contributed by atoms with Crippen LogP contribution >= 0.6 is 0 Å². The summed E-state index contributed by atoms with van der Waals surface area (Å²) < 4.78 is 9.87. The van der Waals surface area contributed by atoms with Crippen molar-refractivity contribution in [1.29, 1.82) is 0 Å². The molecule has 0 heterocycles. The highest BCUT2D eigenvalue weighted by atomic mass is 16.5. The van der Waals surface area contributed by atoms with E-state index in [0.717, 1.165) is 12.2 Å². The fourth-order valence-electron chi connectivity index (χ4n) is 1.31. The average Bonchev–Trinajstić information content (AvgIpc) is 2.27. The summed E-state index contributed by atoms with van der Waals surface area (Å²) in [5.74, 6) is -1.52. The van der Waals surface area contributed by atoms with Gasteiger partial charge in [-0.1, -0.05) is 0 Å². The van der Waals surface area contributed by atoms with Crippen molar-refractivity contribution >= 4 is 11.9 Å². The highest BCUT2D eigenvalue weighted by molar-refractivity contribution is 5.94. The van der Waals surface area contributed by atoms with Crippen molar-refractivity contribution in [2.24, 2.45) is 0 Å². The number of carbonyl (C=O) groups is 2. The summed E-state index contributed by atoms with van der Waals surface area (Å²) in [5, 5.41) is 8.46. The van der Waals surface area contributed by atoms with Gasteiger partial charge in [-0.15, -0.1) is 0 Å². The van der Waals surface area contributed by atoms with Gasteiger partial charge in [-0.2, -0.15) is 0 Å². The monoisotopic (exact) mass is 245 g/mol. The molecule has 1 N–H and O–H groups in total. The summed E-state index contributed by atoms with van der Waals surface area (Å²) in [7, 11) is 3.08. The van der Waals surface area contributed by atoms with Gasteiger partial charge in [0.25, 0.3) is 0 Å². The van der Waals surface area contributed by atoms with E-state index in [2.05, 4.69) is 0 Å². The molecule has 0 aliphatic heterocycles. The number of amides is 1. The maximum atomic E-state index is 11.7. The highest BCUT2D eigenvalue weighted by Crippen LogP contribution is 2.01. The Balaban J connectivity index is 4.54. The molecule has 17 heavy (non-hydrogen) atoms. The Morgan fingerprint density at radius 3 is 2.41 bits per heavy atom. The first-order valence-electron chi connectivity index (χ1n) is 5.22. The van der Waals surface area contributed by atoms with Gasteiger partial charge in [-0.3, -0.25) is 4.79 Å². The smallest absolute Gasteiger partial charge is 0.328 e. The van der Waals surface area contributed by atoms with Gasteiger partial charge < -0.3 is 19.5 Å². The Morgan fingerprint density at radius 2 is 1.94 bits per heavy atom. The van der Waals surface area contributed by atoms with Gasteiger partial charge in [0.15, 0.2) is 0 Å². The zero-order valence-corrected chi connectivity index (χ0v) is 10.4. The second kappa shape index (κ2) is 8.72. The van der Waals surface area contributed by atoms with Crippen molar-refractivity contribution in [3.05, 3.63) is 12.2 Å². The SMILES string of the molecule is COCCN(C(=O)/C=C/C(=O)O)C(C)COC. The van der Waals surface area contributed by atoms with Crippen LogP contribution in [0.1, 0.15) is 6.92 Å². The van der Waals surface area contributed by atoms with Gasteiger partial charge in [0.2, 0.25) is 5.91 Å². The van der Waals surface area contributed by atoms with Crippen LogP contribution in [0.25, 0.3) is 0 Å². The molecule has 6 heteroatoms. The molecule has 0 fully saturated rings. The standard InChI is InChI=1S/C11H19NO5/c1-9(8-17-3)12(6-7-16-2)10(13)4-5-11(14)15/h4-5,9H,6-8H2,1-3H3,(H,14,15)/b5-4+. The molecule has 0 spiro atoms. The van der Waals surface area contributed by atoms with Crippen LogP contribution in [0.3, 0.4) is 0 Å². The number of hydrogen-bond donors (Lipinski definition) is 1. The van der Waals surface area contributed by atoms with Crippen LogP contribution in [0.5, 0.6) is 0 Å². The molecular formula is C11H19NO5. The number of carbonyl (C=O) groups excluding carboxylic acids is 1. The van der Waals surface area contributed by atoms with Gasteiger partial charge in [-0.25, -0.2) is 4.79 Å². The van der Waals surface area contributed by atoms with Crippen LogP contribution in [-0.2, 0) is 19.1 Å². The Bertz CT molecular complexity index is 277. The predicted octanol–water partition coefficient (Wildman–Crippen LogP) is 0.137. The van der Waals surface area contributed by atoms with Crippen molar-refractivity contribution < 1.29 is 24.2 Å². The maximum Gasteiger partial charge on any atom is 0.328 e. The third-order valence-corrected chi connectivity index (χ3v) is 2.13. The van der Waals surface area contributed by atoms with E-state index in [1.54, 1.807) is 7.11 Å². The summed E-state index contributed by atoms with van der Waals surface area (Å²) in [6, 6.07) is -0.138. The number of methoxy groups -OCH3 is 2. The second-order valence-corrected chi connectivity index (χ2v) is 3.50. The molecule has 6 nitrogen and oxygen atoms in total. The molecule has 98 valence electrons. The Morgan fingerprint density at radius 1 is 1.29 bits per heavy atom. The van der Waals surface area contributed by atoms with Gasteiger partial charge >= 0.3 is 5.97 Å². The van der Waals surface area contributed by atoms with Crippen molar-refractivity contribution in [1.82, 2.24) is 4.90 Å². The molecule has 0 rings (SSSR count). The number of nitrogens with zero attached hydrogens (tertiary/aromatic N) is 1. The molecule has 0 saturated heterocycles. The molecule has 0 aromatic rings. The lowest BCUT2D eigenvalue weighted by atomic mass is 10.2. The minimum Gasteiger partial charge on any atom is -0.478 e. The van der Waals surface area contributed by atoms with E-state index in [4.69, 9.17) is 14.6 Å². The van der Waals surface area contributed by atoms with Crippen molar-refractivity contribution in [3.8, 4) is 0 Å².